The maximum atomic E-state index is 11.5. The average molecular weight is 249 g/mol. The van der Waals surface area contributed by atoms with Crippen LogP contribution in [0.1, 0.15) is 18.5 Å². The van der Waals surface area contributed by atoms with Gasteiger partial charge in [-0.1, -0.05) is 13.0 Å². The molecule has 0 aliphatic carbocycles. The van der Waals surface area contributed by atoms with Crippen LogP contribution < -0.4 is 0 Å². The second kappa shape index (κ2) is 5.93. The molecular weight excluding hydrogens is 230 g/mol. The van der Waals surface area contributed by atoms with Gasteiger partial charge in [0, 0.05) is 38.6 Å². The van der Waals surface area contributed by atoms with Crippen molar-refractivity contribution in [1.82, 2.24) is 14.8 Å². The monoisotopic (exact) mass is 249 g/mol. The van der Waals surface area contributed by atoms with Crippen LogP contribution in [-0.4, -0.2) is 58.6 Å². The summed E-state index contributed by atoms with van der Waals surface area (Å²) in [6.07, 6.45) is 3.31. The number of rotatable bonds is 4. The smallest absolute Gasteiger partial charge is 0.325 e. The Labute approximate surface area is 107 Å². The molecule has 0 aromatic carbocycles. The molecule has 1 atom stereocenters. The number of carbonyl (C=O) groups is 1. The van der Waals surface area contributed by atoms with E-state index in [1.807, 2.05) is 11.0 Å². The molecule has 1 unspecified atom stereocenters. The first kappa shape index (κ1) is 13.0. The van der Waals surface area contributed by atoms with E-state index in [-0.39, 0.29) is 0 Å². The maximum Gasteiger partial charge on any atom is 0.325 e. The second-order valence-electron chi connectivity index (χ2n) is 4.50. The Morgan fingerprint density at radius 2 is 2.17 bits per heavy atom. The van der Waals surface area contributed by atoms with E-state index < -0.39 is 12.0 Å². The van der Waals surface area contributed by atoms with Crippen LogP contribution in [0.2, 0.25) is 0 Å². The van der Waals surface area contributed by atoms with E-state index in [1.165, 1.54) is 0 Å². The fourth-order valence-corrected chi connectivity index (χ4v) is 2.39. The van der Waals surface area contributed by atoms with E-state index in [9.17, 15) is 9.90 Å². The molecule has 0 saturated carbocycles. The van der Waals surface area contributed by atoms with E-state index in [0.29, 0.717) is 0 Å². The van der Waals surface area contributed by atoms with E-state index in [0.717, 1.165) is 38.3 Å². The molecule has 1 fully saturated rings. The molecule has 0 bridgehead atoms. The molecule has 1 saturated heterocycles. The third-order valence-corrected chi connectivity index (χ3v) is 3.45. The van der Waals surface area contributed by atoms with Crippen LogP contribution in [0, 0.1) is 0 Å². The summed E-state index contributed by atoms with van der Waals surface area (Å²) in [7, 11) is 0. The number of carboxylic acids is 1. The van der Waals surface area contributed by atoms with Crippen LogP contribution >= 0.6 is 0 Å². The predicted molar refractivity (Wildman–Crippen MR) is 68.3 cm³/mol. The predicted octanol–water partition coefficient (Wildman–Crippen LogP) is 0.845. The highest BCUT2D eigenvalue weighted by Crippen LogP contribution is 2.21. The molecule has 0 amide bonds. The van der Waals surface area contributed by atoms with Gasteiger partial charge in [-0.15, -0.1) is 0 Å². The van der Waals surface area contributed by atoms with Gasteiger partial charge in [0.15, 0.2) is 0 Å². The zero-order valence-electron chi connectivity index (χ0n) is 10.6. The van der Waals surface area contributed by atoms with Crippen LogP contribution in [0.25, 0.3) is 0 Å². The van der Waals surface area contributed by atoms with E-state index in [2.05, 4.69) is 16.8 Å². The minimum atomic E-state index is -0.798. The van der Waals surface area contributed by atoms with Crippen LogP contribution in [0.3, 0.4) is 0 Å². The summed E-state index contributed by atoms with van der Waals surface area (Å²) in [5, 5.41) is 9.42. The summed E-state index contributed by atoms with van der Waals surface area (Å²) in [5.74, 6) is -0.798. The largest absolute Gasteiger partial charge is 0.480 e. The Kier molecular flexibility index (Phi) is 4.28. The first-order chi connectivity index (χ1) is 8.72. The van der Waals surface area contributed by atoms with Gasteiger partial charge in [0.2, 0.25) is 0 Å². The van der Waals surface area contributed by atoms with Gasteiger partial charge >= 0.3 is 5.97 Å². The average Bonchev–Trinajstić information content (AvgIpc) is 2.40. The van der Waals surface area contributed by atoms with Gasteiger partial charge in [0.1, 0.15) is 6.04 Å². The number of aliphatic carboxylic acids is 1. The standard InChI is InChI=1S/C13H19N3O2/c1-2-15-6-8-16(9-7-15)12(13(17)18)11-4-3-5-14-10-11/h3-5,10,12H,2,6-9H2,1H3,(H,17,18). The van der Waals surface area contributed by atoms with Crippen LogP contribution in [0.5, 0.6) is 0 Å². The summed E-state index contributed by atoms with van der Waals surface area (Å²) in [6.45, 7) is 6.60. The minimum absolute atomic E-state index is 0.572. The third-order valence-electron chi connectivity index (χ3n) is 3.45. The number of hydrogen-bond acceptors (Lipinski definition) is 4. The second-order valence-corrected chi connectivity index (χ2v) is 4.50. The van der Waals surface area contributed by atoms with Crippen molar-refractivity contribution in [3.05, 3.63) is 30.1 Å². The quantitative estimate of drug-likeness (QED) is 0.857. The summed E-state index contributed by atoms with van der Waals surface area (Å²) in [4.78, 5) is 19.8. The first-order valence-electron chi connectivity index (χ1n) is 6.31. The Morgan fingerprint density at radius 1 is 1.44 bits per heavy atom. The number of aromatic nitrogens is 1. The highest BCUT2D eigenvalue weighted by atomic mass is 16.4. The van der Waals surface area contributed by atoms with E-state index in [1.54, 1.807) is 18.5 Å². The number of hydrogen-bond donors (Lipinski definition) is 1. The van der Waals surface area contributed by atoms with E-state index in [4.69, 9.17) is 0 Å². The molecule has 1 aliphatic rings. The Hall–Kier alpha value is -1.46. The fourth-order valence-electron chi connectivity index (χ4n) is 2.39. The van der Waals surface area contributed by atoms with Gasteiger partial charge in [-0.3, -0.25) is 14.7 Å². The summed E-state index contributed by atoms with van der Waals surface area (Å²) >= 11 is 0. The molecule has 2 rings (SSSR count). The summed E-state index contributed by atoms with van der Waals surface area (Å²) in [6, 6.07) is 3.05. The van der Waals surface area contributed by atoms with E-state index >= 15 is 0 Å². The molecule has 5 heteroatoms. The van der Waals surface area contributed by atoms with Crippen molar-refractivity contribution in [2.45, 2.75) is 13.0 Å². The first-order valence-corrected chi connectivity index (χ1v) is 6.31. The molecule has 0 spiro atoms. The number of nitrogens with zero attached hydrogens (tertiary/aromatic N) is 3. The topological polar surface area (TPSA) is 56.7 Å². The van der Waals surface area contributed by atoms with Crippen LogP contribution in [0.4, 0.5) is 0 Å². The number of carboxylic acid groups (broad SMARTS) is 1. The molecule has 1 aromatic heterocycles. The van der Waals surface area contributed by atoms with Crippen molar-refractivity contribution in [2.24, 2.45) is 0 Å². The lowest BCUT2D eigenvalue weighted by atomic mass is 10.1. The van der Waals surface area contributed by atoms with Crippen molar-refractivity contribution in [2.75, 3.05) is 32.7 Å². The molecule has 5 nitrogen and oxygen atoms in total. The number of piperazine rings is 1. The van der Waals surface area contributed by atoms with Crippen molar-refractivity contribution in [1.29, 1.82) is 0 Å². The van der Waals surface area contributed by atoms with Gasteiger partial charge < -0.3 is 10.0 Å². The molecule has 1 aromatic rings. The normalized spacial score (nSPS) is 19.6. The summed E-state index contributed by atoms with van der Waals surface area (Å²) in [5.41, 5.74) is 0.759. The van der Waals surface area contributed by atoms with Gasteiger partial charge in [0.05, 0.1) is 0 Å². The summed E-state index contributed by atoms with van der Waals surface area (Å²) < 4.78 is 0. The van der Waals surface area contributed by atoms with Crippen LogP contribution in [0.15, 0.2) is 24.5 Å². The Bertz CT molecular complexity index is 388. The highest BCUT2D eigenvalue weighted by molar-refractivity contribution is 5.75. The molecule has 1 aliphatic heterocycles. The lowest BCUT2D eigenvalue weighted by molar-refractivity contribution is -0.144. The number of pyridine rings is 1. The molecule has 0 radical (unpaired) electrons. The Morgan fingerprint density at radius 3 is 2.67 bits per heavy atom. The van der Waals surface area contributed by atoms with Crippen molar-refractivity contribution in [3.63, 3.8) is 0 Å². The molecule has 18 heavy (non-hydrogen) atoms. The van der Waals surface area contributed by atoms with Gasteiger partial charge in [-0.05, 0) is 18.2 Å². The molecule has 1 N–H and O–H groups in total. The van der Waals surface area contributed by atoms with Crippen LogP contribution in [-0.2, 0) is 4.79 Å². The molecule has 2 heterocycles. The maximum absolute atomic E-state index is 11.5. The van der Waals surface area contributed by atoms with Gasteiger partial charge in [-0.2, -0.15) is 0 Å². The lowest BCUT2D eigenvalue weighted by Crippen LogP contribution is -2.49. The highest BCUT2D eigenvalue weighted by Gasteiger charge is 2.29. The zero-order chi connectivity index (χ0) is 13.0. The third kappa shape index (κ3) is 2.86. The fraction of sp³-hybridized carbons (Fsp3) is 0.538. The minimum Gasteiger partial charge on any atom is -0.480 e. The Balaban J connectivity index is 2.10. The number of likely N-dealkylation sites (N-methyl/N-ethyl adjacent to an activating group) is 1. The lowest BCUT2D eigenvalue weighted by Gasteiger charge is -2.37. The van der Waals surface area contributed by atoms with Crippen molar-refractivity contribution in [3.8, 4) is 0 Å². The van der Waals surface area contributed by atoms with Crippen molar-refractivity contribution >= 4 is 5.97 Å². The van der Waals surface area contributed by atoms with Gasteiger partial charge in [0.25, 0.3) is 0 Å². The van der Waals surface area contributed by atoms with Gasteiger partial charge in [-0.25, -0.2) is 0 Å². The SMILES string of the molecule is CCN1CCN(C(C(=O)O)c2cccnc2)CC1. The molecular formula is C13H19N3O2. The zero-order valence-corrected chi connectivity index (χ0v) is 10.6. The molecule has 98 valence electrons. The van der Waals surface area contributed by atoms with Crippen molar-refractivity contribution < 1.29 is 9.90 Å².